The molecule has 5 rings (SSSR count). The number of fused-ring (bicyclic) bond motifs is 1. The van der Waals surface area contributed by atoms with Crippen molar-refractivity contribution in [2.24, 2.45) is 16.0 Å². The van der Waals surface area contributed by atoms with Crippen LogP contribution in [0.2, 0.25) is 0 Å². The smallest absolute Gasteiger partial charge is 0.283 e. The molecule has 10 heteroatoms. The molecule has 3 aliphatic rings. The van der Waals surface area contributed by atoms with Crippen LogP contribution in [0.5, 0.6) is 17.2 Å². The average molecular weight is 640 g/mol. The Kier molecular flexibility index (Phi) is 9.19. The van der Waals surface area contributed by atoms with Crippen molar-refractivity contribution < 1.29 is 19.0 Å². The number of nitrogens with one attached hydrogen (secondary N) is 1. The second-order valence-corrected chi connectivity index (χ2v) is 12.6. The van der Waals surface area contributed by atoms with Crippen LogP contribution in [-0.2, 0) is 4.79 Å². The van der Waals surface area contributed by atoms with Gasteiger partial charge in [-0.25, -0.2) is 0 Å². The summed E-state index contributed by atoms with van der Waals surface area (Å²) in [7, 11) is 1.57. The van der Waals surface area contributed by atoms with Crippen molar-refractivity contribution in [3.05, 3.63) is 57.1 Å². The summed E-state index contributed by atoms with van der Waals surface area (Å²) in [6, 6.07) is 9.86. The van der Waals surface area contributed by atoms with E-state index in [4.69, 9.17) is 19.6 Å². The van der Waals surface area contributed by atoms with Gasteiger partial charge in [-0.05, 0) is 94.3 Å². The lowest BCUT2D eigenvalue weighted by atomic mass is 9.90. The first-order valence-electron chi connectivity index (χ1n) is 14.0. The molecule has 216 valence electrons. The Balaban J connectivity index is 1.29. The summed E-state index contributed by atoms with van der Waals surface area (Å²) >= 11 is 5.01. The highest BCUT2D eigenvalue weighted by Crippen LogP contribution is 2.39. The van der Waals surface area contributed by atoms with E-state index in [0.717, 1.165) is 34.8 Å². The molecule has 0 bridgehead atoms. The Bertz CT molecular complexity index is 1450. The van der Waals surface area contributed by atoms with Gasteiger partial charge in [-0.15, -0.1) is 0 Å². The number of carbonyl (C=O) groups excluding carboxylic acids is 1. The van der Waals surface area contributed by atoms with Crippen molar-refractivity contribution >= 4 is 55.7 Å². The van der Waals surface area contributed by atoms with Crippen LogP contribution in [0.4, 0.5) is 0 Å². The Morgan fingerprint density at radius 3 is 2.61 bits per heavy atom. The first kappa shape index (κ1) is 29.4. The number of aliphatic imine (C=N–C) groups is 1. The number of benzene rings is 2. The fraction of sp³-hybridized carbons (Fsp3) is 0.419. The molecule has 0 atom stereocenters. The second-order valence-electron chi connectivity index (χ2n) is 10.7. The van der Waals surface area contributed by atoms with Gasteiger partial charge in [-0.1, -0.05) is 45.2 Å². The summed E-state index contributed by atoms with van der Waals surface area (Å²) < 4.78 is 18.4. The quantitative estimate of drug-likeness (QED) is 0.225. The normalized spacial score (nSPS) is 18.5. The monoisotopic (exact) mass is 638 g/mol. The van der Waals surface area contributed by atoms with Gasteiger partial charge in [0.1, 0.15) is 24.0 Å². The SMILES string of the molecule is COc1cc(/C=C2/C(=N)N3N=C(C4CCCCC4)SC3=NC2=O)cc(Br)c1OCCOc1cc(C)ccc1C(C)C. The standard InChI is InChI=1S/C31H35BrN4O4S/c1-18(2)22-11-10-19(3)14-25(22)39-12-13-40-27-24(32)16-20(17-26(27)38-4)15-23-28(33)36-31(34-29(23)37)41-30(35-36)21-8-6-5-7-9-21/h10-11,14-18,21,33H,5-9,12-13H2,1-4H3/b23-15-,33-28?. The first-order chi connectivity index (χ1) is 19.7. The minimum atomic E-state index is -0.446. The number of aryl methyl sites for hydroxylation is 1. The molecule has 0 spiro atoms. The molecule has 2 heterocycles. The van der Waals surface area contributed by atoms with Crippen molar-refractivity contribution in [3.8, 4) is 17.2 Å². The molecular formula is C31H35BrN4O4S. The van der Waals surface area contributed by atoms with E-state index in [1.165, 1.54) is 36.0 Å². The predicted octanol–water partition coefficient (Wildman–Crippen LogP) is 7.55. The van der Waals surface area contributed by atoms with Crippen LogP contribution in [0.25, 0.3) is 6.08 Å². The lowest BCUT2D eigenvalue weighted by molar-refractivity contribution is -0.114. The molecule has 0 saturated heterocycles. The van der Waals surface area contributed by atoms with E-state index >= 15 is 0 Å². The molecule has 2 aliphatic heterocycles. The predicted molar refractivity (Wildman–Crippen MR) is 169 cm³/mol. The van der Waals surface area contributed by atoms with Gasteiger partial charge in [0.05, 0.1) is 17.2 Å². The number of carbonyl (C=O) groups is 1. The van der Waals surface area contributed by atoms with Crippen molar-refractivity contribution in [1.82, 2.24) is 5.01 Å². The zero-order chi connectivity index (χ0) is 29.1. The highest BCUT2D eigenvalue weighted by atomic mass is 79.9. The van der Waals surface area contributed by atoms with Crippen LogP contribution in [0, 0.1) is 18.3 Å². The summed E-state index contributed by atoms with van der Waals surface area (Å²) in [6.07, 6.45) is 7.46. The minimum absolute atomic E-state index is 0.0304. The molecular weight excluding hydrogens is 604 g/mol. The van der Waals surface area contributed by atoms with Crippen molar-refractivity contribution in [3.63, 3.8) is 0 Å². The maximum Gasteiger partial charge on any atom is 0.283 e. The van der Waals surface area contributed by atoms with E-state index in [1.54, 1.807) is 19.3 Å². The molecule has 1 N–H and O–H groups in total. The van der Waals surface area contributed by atoms with Crippen LogP contribution in [0.15, 0.2) is 50.5 Å². The van der Waals surface area contributed by atoms with E-state index in [2.05, 4.69) is 52.0 Å². The number of methoxy groups -OCH3 is 1. The summed E-state index contributed by atoms with van der Waals surface area (Å²) in [4.78, 5) is 17.2. The van der Waals surface area contributed by atoms with Crippen molar-refractivity contribution in [1.29, 1.82) is 5.41 Å². The highest BCUT2D eigenvalue weighted by molar-refractivity contribution is 9.10. The summed E-state index contributed by atoms with van der Waals surface area (Å²) in [6.45, 7) is 7.02. The fourth-order valence-electron chi connectivity index (χ4n) is 5.19. The molecule has 1 aliphatic carbocycles. The number of nitrogens with zero attached hydrogens (tertiary/aromatic N) is 3. The zero-order valence-electron chi connectivity index (χ0n) is 23.8. The van der Waals surface area contributed by atoms with Crippen LogP contribution < -0.4 is 14.2 Å². The number of hydrogen-bond acceptors (Lipinski definition) is 7. The summed E-state index contributed by atoms with van der Waals surface area (Å²) in [5.74, 6) is 2.22. The van der Waals surface area contributed by atoms with E-state index in [-0.39, 0.29) is 11.4 Å². The minimum Gasteiger partial charge on any atom is -0.493 e. The number of ether oxygens (including phenoxy) is 3. The largest absolute Gasteiger partial charge is 0.493 e. The summed E-state index contributed by atoms with van der Waals surface area (Å²) in [5.41, 5.74) is 3.16. The maximum absolute atomic E-state index is 13.0. The molecule has 0 aromatic heterocycles. The van der Waals surface area contributed by atoms with Gasteiger partial charge in [0.25, 0.3) is 5.91 Å². The highest BCUT2D eigenvalue weighted by Gasteiger charge is 2.38. The topological polar surface area (TPSA) is 96.6 Å². The van der Waals surface area contributed by atoms with Gasteiger partial charge >= 0.3 is 0 Å². The van der Waals surface area contributed by atoms with Crippen LogP contribution in [0.3, 0.4) is 0 Å². The Morgan fingerprint density at radius 1 is 1.12 bits per heavy atom. The van der Waals surface area contributed by atoms with Gasteiger partial charge in [0.2, 0.25) is 5.17 Å². The molecule has 2 aromatic carbocycles. The molecule has 1 fully saturated rings. The van der Waals surface area contributed by atoms with Gasteiger partial charge in [-0.2, -0.15) is 15.1 Å². The van der Waals surface area contributed by atoms with Gasteiger partial charge in [-0.3, -0.25) is 10.2 Å². The third-order valence-corrected chi connectivity index (χ3v) is 9.03. The average Bonchev–Trinajstić information content (AvgIpc) is 3.38. The third kappa shape index (κ3) is 6.54. The van der Waals surface area contributed by atoms with Crippen LogP contribution >= 0.6 is 27.7 Å². The maximum atomic E-state index is 13.0. The van der Waals surface area contributed by atoms with E-state index in [0.29, 0.717) is 51.8 Å². The van der Waals surface area contributed by atoms with Gasteiger partial charge in [0, 0.05) is 5.92 Å². The Morgan fingerprint density at radius 2 is 1.88 bits per heavy atom. The van der Waals surface area contributed by atoms with Gasteiger partial charge < -0.3 is 14.2 Å². The second kappa shape index (κ2) is 12.8. The molecule has 1 saturated carbocycles. The molecule has 1 amide bonds. The lowest BCUT2D eigenvalue weighted by Crippen LogP contribution is -2.35. The number of hydrogen-bond donors (Lipinski definition) is 1. The van der Waals surface area contributed by atoms with Crippen LogP contribution in [0.1, 0.15) is 68.6 Å². The molecule has 8 nitrogen and oxygen atoms in total. The van der Waals surface area contributed by atoms with E-state index in [9.17, 15) is 4.79 Å². The molecule has 2 aromatic rings. The number of halogens is 1. The number of rotatable bonds is 9. The Hall–Kier alpha value is -3.11. The van der Waals surface area contributed by atoms with Crippen LogP contribution in [-0.4, -0.2) is 47.3 Å². The van der Waals surface area contributed by atoms with Crippen molar-refractivity contribution in [2.75, 3.05) is 20.3 Å². The Labute approximate surface area is 253 Å². The molecule has 41 heavy (non-hydrogen) atoms. The summed E-state index contributed by atoms with van der Waals surface area (Å²) in [5, 5.41) is 16.3. The van der Waals surface area contributed by atoms with Gasteiger partial charge in [0.15, 0.2) is 17.3 Å². The number of amides is 1. The number of hydrazone groups is 1. The number of thioether (sulfide) groups is 1. The third-order valence-electron chi connectivity index (χ3n) is 7.37. The molecule has 0 radical (unpaired) electrons. The van der Waals surface area contributed by atoms with E-state index < -0.39 is 5.91 Å². The lowest BCUT2D eigenvalue weighted by Gasteiger charge is -2.20. The van der Waals surface area contributed by atoms with Crippen molar-refractivity contribution in [2.45, 2.75) is 58.8 Å². The zero-order valence-corrected chi connectivity index (χ0v) is 26.2. The fourth-order valence-corrected chi connectivity index (χ4v) is 6.82. The van der Waals surface area contributed by atoms with E-state index in [1.807, 2.05) is 19.1 Å². The first-order valence-corrected chi connectivity index (χ1v) is 15.6. The number of amidine groups is 2. The molecule has 0 unspecified atom stereocenters.